The Morgan fingerprint density at radius 3 is 2.53 bits per heavy atom. The van der Waals surface area contributed by atoms with Gasteiger partial charge in [0.15, 0.2) is 0 Å². The molecule has 0 saturated carbocycles. The number of nitrogens with one attached hydrogen (secondary N) is 1. The van der Waals surface area contributed by atoms with Gasteiger partial charge in [0.25, 0.3) is 0 Å². The molecule has 1 aromatic carbocycles. The number of benzene rings is 1. The van der Waals surface area contributed by atoms with Crippen molar-refractivity contribution in [2.24, 2.45) is 5.73 Å². The predicted molar refractivity (Wildman–Crippen MR) is 72.3 cm³/mol. The molecule has 0 spiro atoms. The fourth-order valence-electron chi connectivity index (χ4n) is 1.57. The van der Waals surface area contributed by atoms with Crippen molar-refractivity contribution in [3.05, 3.63) is 35.9 Å². The highest BCUT2D eigenvalue weighted by atomic mass is 16.5. The maximum atomic E-state index is 11.3. The van der Waals surface area contributed by atoms with E-state index in [1.165, 1.54) is 0 Å². The van der Waals surface area contributed by atoms with Crippen molar-refractivity contribution in [2.75, 3.05) is 6.54 Å². The fraction of sp³-hybridized carbons (Fsp3) is 0.429. The van der Waals surface area contributed by atoms with Crippen molar-refractivity contribution in [3.8, 4) is 0 Å². The highest BCUT2D eigenvalue weighted by molar-refractivity contribution is 5.73. The monoisotopic (exact) mass is 264 g/mol. The van der Waals surface area contributed by atoms with Crippen molar-refractivity contribution in [1.29, 1.82) is 0 Å². The zero-order chi connectivity index (χ0) is 13.9. The van der Waals surface area contributed by atoms with Crippen LogP contribution in [0.1, 0.15) is 31.2 Å². The summed E-state index contributed by atoms with van der Waals surface area (Å²) in [6, 6.07) is 9.51. The van der Waals surface area contributed by atoms with Crippen LogP contribution in [-0.2, 0) is 16.1 Å². The van der Waals surface area contributed by atoms with E-state index in [1.54, 1.807) is 0 Å². The molecule has 0 aromatic heterocycles. The summed E-state index contributed by atoms with van der Waals surface area (Å²) < 4.78 is 5.05. The molecule has 0 bridgehead atoms. The number of carbonyl (C=O) groups excluding carboxylic acids is 2. The van der Waals surface area contributed by atoms with Gasteiger partial charge >= 0.3 is 6.09 Å². The van der Waals surface area contributed by atoms with Crippen LogP contribution in [0.25, 0.3) is 0 Å². The second-order valence-electron chi connectivity index (χ2n) is 4.27. The number of carbonyl (C=O) groups is 2. The molecule has 2 amide bonds. The average molecular weight is 264 g/mol. The van der Waals surface area contributed by atoms with Gasteiger partial charge in [0, 0.05) is 13.0 Å². The molecule has 0 saturated heterocycles. The van der Waals surface area contributed by atoms with Gasteiger partial charge < -0.3 is 15.8 Å². The number of amides is 2. The van der Waals surface area contributed by atoms with Gasteiger partial charge in [0.05, 0.1) is 0 Å². The number of alkyl carbamates (subject to hydrolysis) is 1. The van der Waals surface area contributed by atoms with Gasteiger partial charge in [-0.15, -0.1) is 0 Å². The summed E-state index contributed by atoms with van der Waals surface area (Å²) in [5.41, 5.74) is 5.98. The Labute approximate surface area is 113 Å². The molecule has 5 heteroatoms. The van der Waals surface area contributed by atoms with Crippen LogP contribution >= 0.6 is 0 Å². The summed E-state index contributed by atoms with van der Waals surface area (Å²) >= 11 is 0. The van der Waals surface area contributed by atoms with Crippen LogP contribution in [-0.4, -0.2) is 18.5 Å². The average Bonchev–Trinajstić information content (AvgIpc) is 2.41. The number of ether oxygens (including phenoxy) is 1. The zero-order valence-electron chi connectivity index (χ0n) is 10.9. The number of rotatable bonds is 8. The van der Waals surface area contributed by atoms with Gasteiger partial charge in [-0.3, -0.25) is 4.79 Å². The van der Waals surface area contributed by atoms with Gasteiger partial charge in [-0.05, 0) is 18.4 Å². The molecule has 0 aliphatic carbocycles. The van der Waals surface area contributed by atoms with E-state index in [2.05, 4.69) is 5.32 Å². The fourth-order valence-corrected chi connectivity index (χ4v) is 1.57. The first-order valence-corrected chi connectivity index (χ1v) is 6.41. The van der Waals surface area contributed by atoms with Crippen LogP contribution in [0.4, 0.5) is 4.79 Å². The third kappa shape index (κ3) is 7.81. The molecule has 0 radical (unpaired) electrons. The Hall–Kier alpha value is -2.04. The van der Waals surface area contributed by atoms with E-state index >= 15 is 0 Å². The zero-order valence-corrected chi connectivity index (χ0v) is 10.9. The highest BCUT2D eigenvalue weighted by Gasteiger charge is 2.01. The summed E-state index contributed by atoms with van der Waals surface area (Å²) in [4.78, 5) is 21.8. The van der Waals surface area contributed by atoms with E-state index in [0.29, 0.717) is 13.0 Å². The smallest absolute Gasteiger partial charge is 0.407 e. The molecule has 0 aliphatic rings. The van der Waals surface area contributed by atoms with Gasteiger partial charge in [-0.25, -0.2) is 4.79 Å². The van der Waals surface area contributed by atoms with Crippen LogP contribution in [0.2, 0.25) is 0 Å². The number of hydrogen-bond acceptors (Lipinski definition) is 3. The molecule has 0 heterocycles. The Balaban J connectivity index is 2.01. The van der Waals surface area contributed by atoms with Gasteiger partial charge in [0.1, 0.15) is 6.61 Å². The van der Waals surface area contributed by atoms with E-state index < -0.39 is 6.09 Å². The molecular weight excluding hydrogens is 244 g/mol. The third-order valence-electron chi connectivity index (χ3n) is 2.58. The lowest BCUT2D eigenvalue weighted by atomic mass is 10.2. The van der Waals surface area contributed by atoms with Gasteiger partial charge in [-0.2, -0.15) is 0 Å². The first-order chi connectivity index (χ1) is 9.18. The summed E-state index contributed by atoms with van der Waals surface area (Å²) in [5.74, 6) is -0.282. The molecule has 0 unspecified atom stereocenters. The maximum Gasteiger partial charge on any atom is 0.407 e. The lowest BCUT2D eigenvalue weighted by Crippen LogP contribution is -2.25. The Kier molecular flexibility index (Phi) is 7.09. The minimum atomic E-state index is -0.418. The highest BCUT2D eigenvalue weighted by Crippen LogP contribution is 2.01. The molecule has 104 valence electrons. The molecule has 1 rings (SSSR count). The van der Waals surface area contributed by atoms with E-state index in [-0.39, 0.29) is 12.5 Å². The summed E-state index contributed by atoms with van der Waals surface area (Å²) in [6.45, 7) is 0.820. The first-order valence-electron chi connectivity index (χ1n) is 6.41. The topological polar surface area (TPSA) is 81.4 Å². The van der Waals surface area contributed by atoms with Crippen molar-refractivity contribution in [1.82, 2.24) is 5.32 Å². The van der Waals surface area contributed by atoms with E-state index in [4.69, 9.17) is 10.5 Å². The molecular formula is C14H20N2O3. The summed E-state index contributed by atoms with van der Waals surface area (Å²) in [7, 11) is 0. The normalized spacial score (nSPS) is 9.89. The standard InChI is InChI=1S/C14H20N2O3/c15-13(17)9-5-2-6-10-16-14(18)19-11-12-7-3-1-4-8-12/h1,3-4,7-8H,2,5-6,9-11H2,(H2,15,17)(H,16,18). The SMILES string of the molecule is NC(=O)CCCCCNC(=O)OCc1ccccc1. The molecule has 1 aromatic rings. The van der Waals surface area contributed by atoms with Gasteiger partial charge in [-0.1, -0.05) is 36.8 Å². The van der Waals surface area contributed by atoms with Crippen molar-refractivity contribution < 1.29 is 14.3 Å². The predicted octanol–water partition coefficient (Wildman–Crippen LogP) is 1.96. The molecule has 0 aliphatic heterocycles. The molecule has 0 atom stereocenters. The van der Waals surface area contributed by atoms with Crippen molar-refractivity contribution in [2.45, 2.75) is 32.3 Å². The number of primary amides is 1. The molecule has 3 N–H and O–H groups in total. The minimum Gasteiger partial charge on any atom is -0.445 e. The quantitative estimate of drug-likeness (QED) is 0.704. The van der Waals surface area contributed by atoms with Crippen LogP contribution < -0.4 is 11.1 Å². The number of unbranched alkanes of at least 4 members (excludes halogenated alkanes) is 2. The summed E-state index contributed by atoms with van der Waals surface area (Å²) in [6.07, 6.45) is 2.42. The van der Waals surface area contributed by atoms with Crippen LogP contribution in [0.5, 0.6) is 0 Å². The first kappa shape index (κ1) is 15.0. The van der Waals surface area contributed by atoms with E-state index in [1.807, 2.05) is 30.3 Å². The second kappa shape index (κ2) is 8.97. The largest absolute Gasteiger partial charge is 0.445 e. The van der Waals surface area contributed by atoms with Crippen LogP contribution in [0, 0.1) is 0 Å². The van der Waals surface area contributed by atoms with Crippen LogP contribution in [0.3, 0.4) is 0 Å². The number of hydrogen-bond donors (Lipinski definition) is 2. The Bertz CT molecular complexity index is 393. The Morgan fingerprint density at radius 2 is 1.84 bits per heavy atom. The Morgan fingerprint density at radius 1 is 1.11 bits per heavy atom. The lowest BCUT2D eigenvalue weighted by Gasteiger charge is -2.06. The molecule has 5 nitrogen and oxygen atoms in total. The second-order valence-corrected chi connectivity index (χ2v) is 4.27. The van der Waals surface area contributed by atoms with E-state index in [0.717, 1.165) is 24.8 Å². The summed E-state index contributed by atoms with van der Waals surface area (Å²) in [5, 5.41) is 2.66. The third-order valence-corrected chi connectivity index (χ3v) is 2.58. The van der Waals surface area contributed by atoms with Crippen molar-refractivity contribution in [3.63, 3.8) is 0 Å². The lowest BCUT2D eigenvalue weighted by molar-refractivity contribution is -0.118. The molecule has 19 heavy (non-hydrogen) atoms. The van der Waals surface area contributed by atoms with Crippen molar-refractivity contribution >= 4 is 12.0 Å². The van der Waals surface area contributed by atoms with Crippen LogP contribution in [0.15, 0.2) is 30.3 Å². The van der Waals surface area contributed by atoms with Gasteiger partial charge in [0.2, 0.25) is 5.91 Å². The molecule has 0 fully saturated rings. The van der Waals surface area contributed by atoms with E-state index in [9.17, 15) is 9.59 Å². The minimum absolute atomic E-state index is 0.272. The maximum absolute atomic E-state index is 11.3. The number of nitrogens with two attached hydrogens (primary N) is 1.